The van der Waals surface area contributed by atoms with E-state index in [-0.39, 0.29) is 17.7 Å². The molecule has 0 radical (unpaired) electrons. The van der Waals surface area contributed by atoms with E-state index in [1.807, 2.05) is 69.3 Å². The summed E-state index contributed by atoms with van der Waals surface area (Å²) in [6.45, 7) is 6.72. The van der Waals surface area contributed by atoms with E-state index < -0.39 is 0 Å². The molecule has 2 amide bonds. The van der Waals surface area contributed by atoms with Crippen LogP contribution in [0.2, 0.25) is 5.02 Å². The van der Waals surface area contributed by atoms with Crippen LogP contribution in [-0.2, 0) is 11.4 Å². The monoisotopic (exact) mass is 429 g/mol. The van der Waals surface area contributed by atoms with Gasteiger partial charge in [0.15, 0.2) is 6.10 Å². The molecular weight excluding hydrogens is 402 g/mol. The highest BCUT2D eigenvalue weighted by atomic mass is 35.5. The van der Waals surface area contributed by atoms with E-state index in [4.69, 9.17) is 21.2 Å². The molecule has 2 aromatic rings. The summed E-state index contributed by atoms with van der Waals surface area (Å²) < 4.78 is 5.21. The molecule has 0 saturated carbocycles. The van der Waals surface area contributed by atoms with Crippen LogP contribution >= 0.6 is 11.6 Å². The normalized spacial score (nSPS) is 15.9. The Bertz CT molecular complexity index is 907. The Morgan fingerprint density at radius 1 is 1.27 bits per heavy atom. The van der Waals surface area contributed by atoms with E-state index in [2.05, 4.69) is 10.5 Å². The minimum absolute atomic E-state index is 0.149. The van der Waals surface area contributed by atoms with Crippen molar-refractivity contribution in [2.24, 2.45) is 5.16 Å². The summed E-state index contributed by atoms with van der Waals surface area (Å²) in [5, 5.41) is 7.92. The molecule has 7 heteroatoms. The van der Waals surface area contributed by atoms with Gasteiger partial charge in [-0.3, -0.25) is 0 Å². The highest BCUT2D eigenvalue weighted by molar-refractivity contribution is 6.30. The number of hydrogen-bond acceptors (Lipinski definition) is 4. The minimum Gasteiger partial charge on any atom is -0.497 e. The number of methoxy groups -OCH3 is 1. The van der Waals surface area contributed by atoms with Crippen LogP contribution in [0.25, 0.3) is 0 Å². The fourth-order valence-electron chi connectivity index (χ4n) is 3.20. The van der Waals surface area contributed by atoms with Crippen LogP contribution in [0.5, 0.6) is 5.75 Å². The van der Waals surface area contributed by atoms with Crippen LogP contribution in [0.4, 0.5) is 4.79 Å². The van der Waals surface area contributed by atoms with Gasteiger partial charge in [-0.2, -0.15) is 0 Å². The Hall–Kier alpha value is -2.73. The standard InChI is InChI=1S/C23H28ClN3O3/c1-23(2,3)25-22(28)27(14-16-6-5-7-18(24)12-16)15-20-13-21(26-30-20)17-8-10-19(29-4)11-9-17/h5-12,20H,13-15H2,1-4H3,(H,25,28). The Labute approximate surface area is 182 Å². The number of carbonyl (C=O) groups is 1. The number of urea groups is 1. The zero-order valence-corrected chi connectivity index (χ0v) is 18.6. The van der Waals surface area contributed by atoms with Gasteiger partial charge >= 0.3 is 6.03 Å². The molecule has 0 aliphatic carbocycles. The van der Waals surface area contributed by atoms with Crippen molar-refractivity contribution in [3.63, 3.8) is 0 Å². The summed E-state index contributed by atoms with van der Waals surface area (Å²) in [5.74, 6) is 0.793. The Kier molecular flexibility index (Phi) is 6.87. The van der Waals surface area contributed by atoms with Gasteiger partial charge in [-0.25, -0.2) is 4.79 Å². The lowest BCUT2D eigenvalue weighted by molar-refractivity contribution is 0.0580. The van der Waals surface area contributed by atoms with E-state index in [1.165, 1.54) is 0 Å². The highest BCUT2D eigenvalue weighted by Crippen LogP contribution is 2.21. The Morgan fingerprint density at radius 2 is 2.00 bits per heavy atom. The maximum atomic E-state index is 12.9. The molecule has 30 heavy (non-hydrogen) atoms. The van der Waals surface area contributed by atoms with Crippen molar-refractivity contribution in [2.75, 3.05) is 13.7 Å². The van der Waals surface area contributed by atoms with Crippen molar-refractivity contribution in [1.82, 2.24) is 10.2 Å². The van der Waals surface area contributed by atoms with Gasteiger partial charge in [0, 0.05) is 23.5 Å². The number of nitrogens with zero attached hydrogens (tertiary/aromatic N) is 2. The summed E-state index contributed by atoms with van der Waals surface area (Å²) >= 11 is 6.12. The molecule has 1 unspecified atom stereocenters. The molecule has 0 spiro atoms. The van der Waals surface area contributed by atoms with Crippen molar-refractivity contribution in [2.45, 2.75) is 45.4 Å². The topological polar surface area (TPSA) is 63.2 Å². The van der Waals surface area contributed by atoms with Crippen molar-refractivity contribution in [3.05, 3.63) is 64.7 Å². The average molecular weight is 430 g/mol. The SMILES string of the molecule is COc1ccc(C2=NOC(CN(Cc3cccc(Cl)c3)C(=O)NC(C)(C)C)C2)cc1. The van der Waals surface area contributed by atoms with Crippen molar-refractivity contribution < 1.29 is 14.4 Å². The van der Waals surface area contributed by atoms with Crippen LogP contribution in [0.15, 0.2) is 53.7 Å². The van der Waals surface area contributed by atoms with Gasteiger partial charge in [0.25, 0.3) is 0 Å². The lowest BCUT2D eigenvalue weighted by atomic mass is 10.0. The number of carbonyl (C=O) groups excluding carboxylic acids is 1. The van der Waals surface area contributed by atoms with Crippen LogP contribution < -0.4 is 10.1 Å². The fourth-order valence-corrected chi connectivity index (χ4v) is 3.41. The molecule has 0 fully saturated rings. The molecule has 1 aliphatic rings. The molecule has 0 bridgehead atoms. The summed E-state index contributed by atoms with van der Waals surface area (Å²) in [5.41, 5.74) is 2.46. The van der Waals surface area contributed by atoms with Crippen molar-refractivity contribution >= 4 is 23.3 Å². The zero-order valence-electron chi connectivity index (χ0n) is 17.8. The van der Waals surface area contributed by atoms with E-state index in [9.17, 15) is 4.79 Å². The van der Waals surface area contributed by atoms with Crippen molar-refractivity contribution in [3.8, 4) is 5.75 Å². The van der Waals surface area contributed by atoms with Crippen LogP contribution in [0.3, 0.4) is 0 Å². The van der Waals surface area contributed by atoms with Gasteiger partial charge < -0.3 is 19.8 Å². The molecule has 0 saturated heterocycles. The largest absolute Gasteiger partial charge is 0.497 e. The molecule has 160 valence electrons. The number of oxime groups is 1. The first-order chi connectivity index (χ1) is 14.2. The van der Waals surface area contributed by atoms with E-state index >= 15 is 0 Å². The van der Waals surface area contributed by atoms with Crippen LogP contribution in [0.1, 0.15) is 38.3 Å². The number of ether oxygens (including phenoxy) is 1. The van der Waals surface area contributed by atoms with Gasteiger partial charge in [-0.15, -0.1) is 0 Å². The number of rotatable bonds is 6. The number of halogens is 1. The second-order valence-corrected chi connectivity index (χ2v) is 8.83. The Balaban J connectivity index is 1.69. The third kappa shape index (κ3) is 6.13. The summed E-state index contributed by atoms with van der Waals surface area (Å²) in [6.07, 6.45) is 0.410. The van der Waals surface area contributed by atoms with E-state index in [1.54, 1.807) is 12.0 Å². The number of amides is 2. The maximum absolute atomic E-state index is 12.9. The third-order valence-corrected chi connectivity index (χ3v) is 4.85. The smallest absolute Gasteiger partial charge is 0.318 e. The number of nitrogens with one attached hydrogen (secondary N) is 1. The van der Waals surface area contributed by atoms with Crippen LogP contribution in [-0.4, -0.2) is 41.9 Å². The molecule has 1 N–H and O–H groups in total. The minimum atomic E-state index is -0.342. The van der Waals surface area contributed by atoms with Gasteiger partial charge in [-0.05, 0) is 68.3 Å². The zero-order chi connectivity index (χ0) is 21.7. The first-order valence-corrected chi connectivity index (χ1v) is 10.3. The van der Waals surface area contributed by atoms with Gasteiger partial charge in [-0.1, -0.05) is 28.9 Å². The number of benzene rings is 2. The van der Waals surface area contributed by atoms with Gasteiger partial charge in [0.2, 0.25) is 0 Å². The second-order valence-electron chi connectivity index (χ2n) is 8.39. The summed E-state index contributed by atoms with van der Waals surface area (Å²) in [4.78, 5) is 20.3. The van der Waals surface area contributed by atoms with Gasteiger partial charge in [0.1, 0.15) is 5.75 Å². The highest BCUT2D eigenvalue weighted by Gasteiger charge is 2.28. The molecule has 1 atom stereocenters. The predicted molar refractivity (Wildman–Crippen MR) is 119 cm³/mol. The quantitative estimate of drug-likeness (QED) is 0.713. The first kappa shape index (κ1) is 22.0. The second kappa shape index (κ2) is 9.39. The third-order valence-electron chi connectivity index (χ3n) is 4.61. The summed E-state index contributed by atoms with van der Waals surface area (Å²) in [7, 11) is 1.64. The molecular formula is C23H28ClN3O3. The summed E-state index contributed by atoms with van der Waals surface area (Å²) in [6, 6.07) is 15.1. The number of hydrogen-bond donors (Lipinski definition) is 1. The first-order valence-electron chi connectivity index (χ1n) is 9.92. The molecule has 2 aromatic carbocycles. The fraction of sp³-hybridized carbons (Fsp3) is 0.391. The van der Waals surface area contributed by atoms with E-state index in [0.29, 0.717) is 24.5 Å². The maximum Gasteiger partial charge on any atom is 0.318 e. The molecule has 1 heterocycles. The van der Waals surface area contributed by atoms with E-state index in [0.717, 1.165) is 22.6 Å². The molecule has 0 aromatic heterocycles. The Morgan fingerprint density at radius 3 is 2.63 bits per heavy atom. The lowest BCUT2D eigenvalue weighted by Gasteiger charge is -2.29. The molecule has 6 nitrogen and oxygen atoms in total. The molecule has 3 rings (SSSR count). The van der Waals surface area contributed by atoms with Crippen molar-refractivity contribution in [1.29, 1.82) is 0 Å². The molecule has 1 aliphatic heterocycles. The predicted octanol–water partition coefficient (Wildman–Crippen LogP) is 4.85. The van der Waals surface area contributed by atoms with Gasteiger partial charge in [0.05, 0.1) is 19.4 Å². The average Bonchev–Trinajstić information content (AvgIpc) is 3.15. The lowest BCUT2D eigenvalue weighted by Crippen LogP contribution is -2.50. The van der Waals surface area contributed by atoms with Crippen LogP contribution in [0, 0.1) is 0 Å².